The molecule has 0 radical (unpaired) electrons. The van der Waals surface area contributed by atoms with Gasteiger partial charge in [-0.05, 0) is 31.4 Å². The standard InChI is InChI=1S/C15H20N4O/c1-3-13(16)7-11-6-10(2)4-5-14(11)19-9-12(8-18-19)15(17)20/h4-6,8-9,13H,3,7,16H2,1-2H3,(H2,17,20). The van der Waals surface area contributed by atoms with Crippen molar-refractivity contribution in [3.63, 3.8) is 0 Å². The zero-order valence-electron chi connectivity index (χ0n) is 11.8. The minimum absolute atomic E-state index is 0.113. The van der Waals surface area contributed by atoms with E-state index in [0.29, 0.717) is 5.56 Å². The molecule has 106 valence electrons. The van der Waals surface area contributed by atoms with E-state index in [4.69, 9.17) is 11.5 Å². The number of carbonyl (C=O) groups is 1. The van der Waals surface area contributed by atoms with Crippen molar-refractivity contribution in [2.24, 2.45) is 11.5 Å². The van der Waals surface area contributed by atoms with Gasteiger partial charge in [0, 0.05) is 12.2 Å². The third kappa shape index (κ3) is 3.05. The lowest BCUT2D eigenvalue weighted by Gasteiger charge is -2.14. The smallest absolute Gasteiger partial charge is 0.251 e. The Labute approximate surface area is 118 Å². The molecular formula is C15H20N4O. The number of hydrogen-bond acceptors (Lipinski definition) is 3. The van der Waals surface area contributed by atoms with Crippen LogP contribution in [-0.4, -0.2) is 21.7 Å². The van der Waals surface area contributed by atoms with Crippen LogP contribution in [0.1, 0.15) is 34.8 Å². The molecule has 5 heteroatoms. The average Bonchev–Trinajstić information content (AvgIpc) is 2.88. The highest BCUT2D eigenvalue weighted by atomic mass is 16.1. The first-order valence-corrected chi connectivity index (χ1v) is 6.71. The van der Waals surface area contributed by atoms with E-state index in [9.17, 15) is 4.79 Å². The van der Waals surface area contributed by atoms with Crippen LogP contribution in [0.3, 0.4) is 0 Å². The van der Waals surface area contributed by atoms with Crippen LogP contribution in [0.5, 0.6) is 0 Å². The Balaban J connectivity index is 2.41. The largest absolute Gasteiger partial charge is 0.366 e. The van der Waals surface area contributed by atoms with Gasteiger partial charge < -0.3 is 11.5 Å². The summed E-state index contributed by atoms with van der Waals surface area (Å²) in [6, 6.07) is 6.23. The molecule has 1 unspecified atom stereocenters. The van der Waals surface area contributed by atoms with Gasteiger partial charge in [-0.3, -0.25) is 4.79 Å². The van der Waals surface area contributed by atoms with Crippen molar-refractivity contribution in [3.05, 3.63) is 47.3 Å². The molecular weight excluding hydrogens is 252 g/mol. The Hall–Kier alpha value is -2.14. The Morgan fingerprint density at radius 1 is 1.45 bits per heavy atom. The maximum atomic E-state index is 11.2. The van der Waals surface area contributed by atoms with Crippen molar-refractivity contribution in [2.45, 2.75) is 32.7 Å². The first-order valence-electron chi connectivity index (χ1n) is 6.71. The average molecular weight is 272 g/mol. The number of aromatic nitrogens is 2. The second-order valence-electron chi connectivity index (χ2n) is 5.04. The van der Waals surface area contributed by atoms with Crippen LogP contribution < -0.4 is 11.5 Å². The second-order valence-corrected chi connectivity index (χ2v) is 5.04. The first-order chi connectivity index (χ1) is 9.51. The van der Waals surface area contributed by atoms with E-state index >= 15 is 0 Å². The lowest BCUT2D eigenvalue weighted by Crippen LogP contribution is -2.22. The molecule has 2 aromatic rings. The van der Waals surface area contributed by atoms with Crippen LogP contribution in [0.4, 0.5) is 0 Å². The summed E-state index contributed by atoms with van der Waals surface area (Å²) in [4.78, 5) is 11.2. The summed E-state index contributed by atoms with van der Waals surface area (Å²) in [5, 5.41) is 4.21. The maximum Gasteiger partial charge on any atom is 0.251 e. The van der Waals surface area contributed by atoms with Crippen molar-refractivity contribution >= 4 is 5.91 Å². The molecule has 0 aliphatic rings. The van der Waals surface area contributed by atoms with Gasteiger partial charge in [0.05, 0.1) is 17.4 Å². The highest BCUT2D eigenvalue weighted by Gasteiger charge is 2.11. The van der Waals surface area contributed by atoms with Crippen LogP contribution >= 0.6 is 0 Å². The number of rotatable bonds is 5. The molecule has 1 aromatic carbocycles. The van der Waals surface area contributed by atoms with Gasteiger partial charge in [0.15, 0.2) is 0 Å². The van der Waals surface area contributed by atoms with E-state index in [1.54, 1.807) is 10.9 Å². The maximum absolute atomic E-state index is 11.2. The van der Waals surface area contributed by atoms with Crippen LogP contribution in [0, 0.1) is 6.92 Å². The van der Waals surface area contributed by atoms with Gasteiger partial charge in [-0.15, -0.1) is 0 Å². The lowest BCUT2D eigenvalue weighted by molar-refractivity contribution is 0.100. The van der Waals surface area contributed by atoms with Crippen LogP contribution in [-0.2, 0) is 6.42 Å². The lowest BCUT2D eigenvalue weighted by atomic mass is 10.0. The SMILES string of the molecule is CCC(N)Cc1cc(C)ccc1-n1cc(C(N)=O)cn1. The minimum atomic E-state index is -0.477. The number of benzene rings is 1. The molecule has 20 heavy (non-hydrogen) atoms. The van der Waals surface area contributed by atoms with Crippen LogP contribution in [0.25, 0.3) is 5.69 Å². The number of primary amides is 1. The molecule has 1 atom stereocenters. The monoisotopic (exact) mass is 272 g/mol. The number of nitrogens with zero attached hydrogens (tertiary/aromatic N) is 2. The molecule has 0 bridgehead atoms. The number of amides is 1. The van der Waals surface area contributed by atoms with Crippen molar-refractivity contribution in [3.8, 4) is 5.69 Å². The Morgan fingerprint density at radius 2 is 2.20 bits per heavy atom. The highest BCUT2D eigenvalue weighted by Crippen LogP contribution is 2.18. The molecule has 4 N–H and O–H groups in total. The zero-order valence-corrected chi connectivity index (χ0v) is 11.8. The fourth-order valence-electron chi connectivity index (χ4n) is 2.11. The number of hydrogen-bond donors (Lipinski definition) is 2. The van der Waals surface area contributed by atoms with Crippen molar-refractivity contribution in [1.82, 2.24) is 9.78 Å². The summed E-state index contributed by atoms with van der Waals surface area (Å²) >= 11 is 0. The summed E-state index contributed by atoms with van der Waals surface area (Å²) in [7, 11) is 0. The molecule has 0 spiro atoms. The normalized spacial score (nSPS) is 12.3. The van der Waals surface area contributed by atoms with E-state index in [1.165, 1.54) is 11.8 Å². The van der Waals surface area contributed by atoms with Crippen LogP contribution in [0.2, 0.25) is 0 Å². The summed E-state index contributed by atoms with van der Waals surface area (Å²) in [5.41, 5.74) is 14.9. The second kappa shape index (κ2) is 5.88. The van der Waals surface area contributed by atoms with Gasteiger partial charge in [-0.25, -0.2) is 4.68 Å². The van der Waals surface area contributed by atoms with Crippen molar-refractivity contribution in [1.29, 1.82) is 0 Å². The van der Waals surface area contributed by atoms with E-state index < -0.39 is 5.91 Å². The van der Waals surface area contributed by atoms with E-state index in [-0.39, 0.29) is 6.04 Å². The highest BCUT2D eigenvalue weighted by molar-refractivity contribution is 5.92. The molecule has 1 amide bonds. The predicted molar refractivity (Wildman–Crippen MR) is 78.8 cm³/mol. The van der Waals surface area contributed by atoms with Gasteiger partial charge >= 0.3 is 0 Å². The third-order valence-electron chi connectivity index (χ3n) is 3.36. The van der Waals surface area contributed by atoms with E-state index in [2.05, 4.69) is 18.1 Å². The van der Waals surface area contributed by atoms with Gasteiger partial charge in [-0.1, -0.05) is 24.6 Å². The van der Waals surface area contributed by atoms with Gasteiger partial charge in [0.25, 0.3) is 5.91 Å². The summed E-state index contributed by atoms with van der Waals surface area (Å²) in [5.74, 6) is -0.477. The minimum Gasteiger partial charge on any atom is -0.366 e. The fourth-order valence-corrected chi connectivity index (χ4v) is 2.11. The summed E-state index contributed by atoms with van der Waals surface area (Å²) < 4.78 is 1.68. The Morgan fingerprint density at radius 3 is 2.80 bits per heavy atom. The quantitative estimate of drug-likeness (QED) is 0.866. The molecule has 0 saturated heterocycles. The topological polar surface area (TPSA) is 86.9 Å². The van der Waals surface area contributed by atoms with Gasteiger partial charge in [0.1, 0.15) is 0 Å². The molecule has 2 rings (SSSR count). The third-order valence-corrected chi connectivity index (χ3v) is 3.36. The molecule has 1 aromatic heterocycles. The van der Waals surface area contributed by atoms with Crippen LogP contribution in [0.15, 0.2) is 30.6 Å². The summed E-state index contributed by atoms with van der Waals surface area (Å²) in [6.45, 7) is 4.11. The van der Waals surface area contributed by atoms with Crippen molar-refractivity contribution < 1.29 is 4.79 Å². The fraction of sp³-hybridized carbons (Fsp3) is 0.333. The molecule has 5 nitrogen and oxygen atoms in total. The zero-order chi connectivity index (χ0) is 14.7. The summed E-state index contributed by atoms with van der Waals surface area (Å²) in [6.07, 6.45) is 4.82. The predicted octanol–water partition coefficient (Wildman–Crippen LogP) is 1.56. The molecule has 0 fully saturated rings. The van der Waals surface area contributed by atoms with Gasteiger partial charge in [0.2, 0.25) is 0 Å². The van der Waals surface area contributed by atoms with Gasteiger partial charge in [-0.2, -0.15) is 5.10 Å². The van der Waals surface area contributed by atoms with Crippen molar-refractivity contribution in [2.75, 3.05) is 0 Å². The van der Waals surface area contributed by atoms with E-state index in [1.807, 2.05) is 19.1 Å². The first kappa shape index (κ1) is 14.3. The molecule has 0 aliphatic heterocycles. The molecule has 0 aliphatic carbocycles. The molecule has 0 saturated carbocycles. The number of nitrogens with two attached hydrogens (primary N) is 2. The Kier molecular flexibility index (Phi) is 4.20. The number of carbonyl (C=O) groups excluding carboxylic acids is 1. The Bertz CT molecular complexity index is 618. The molecule has 1 heterocycles. The van der Waals surface area contributed by atoms with E-state index in [0.717, 1.165) is 24.1 Å². The number of aryl methyl sites for hydroxylation is 1.